The highest BCUT2D eigenvalue weighted by Gasteiger charge is 2.09. The van der Waals surface area contributed by atoms with Crippen LogP contribution >= 0.6 is 38.9 Å². The van der Waals surface area contributed by atoms with Gasteiger partial charge in [-0.05, 0) is 17.7 Å². The Balaban J connectivity index is 2.53. The first-order chi connectivity index (χ1) is 7.25. The van der Waals surface area contributed by atoms with E-state index in [1.807, 2.05) is 12.1 Å². The van der Waals surface area contributed by atoms with E-state index in [4.69, 9.17) is 11.6 Å². The lowest BCUT2D eigenvalue weighted by molar-refractivity contribution is 1.17. The van der Waals surface area contributed by atoms with Crippen molar-refractivity contribution in [3.63, 3.8) is 0 Å². The molecule has 76 valence electrons. The Bertz CT molecular complexity index is 641. The SMILES string of the molecule is Clc1cccc2c3c(sc12)=CC(Br)CC=3. The molecule has 0 fully saturated rings. The maximum absolute atomic E-state index is 6.18. The van der Waals surface area contributed by atoms with Gasteiger partial charge in [0.1, 0.15) is 0 Å². The van der Waals surface area contributed by atoms with Gasteiger partial charge >= 0.3 is 0 Å². The first-order valence-electron chi connectivity index (χ1n) is 4.79. The molecule has 0 amide bonds. The van der Waals surface area contributed by atoms with Gasteiger partial charge in [-0.25, -0.2) is 0 Å². The van der Waals surface area contributed by atoms with E-state index in [-0.39, 0.29) is 0 Å². The second-order valence-corrected chi connectivity index (χ2v) is 6.25. The van der Waals surface area contributed by atoms with Crippen molar-refractivity contribution in [3.05, 3.63) is 33.0 Å². The third kappa shape index (κ3) is 1.55. The maximum Gasteiger partial charge on any atom is 0.0584 e. The summed E-state index contributed by atoms with van der Waals surface area (Å²) in [6.07, 6.45) is 5.63. The molecule has 0 bridgehead atoms. The summed E-state index contributed by atoms with van der Waals surface area (Å²) >= 11 is 11.6. The van der Waals surface area contributed by atoms with Gasteiger partial charge in [0, 0.05) is 14.7 Å². The minimum absolute atomic E-state index is 0.469. The number of hydrogen-bond donors (Lipinski definition) is 0. The number of thiophene rings is 1. The van der Waals surface area contributed by atoms with Crippen LogP contribution < -0.4 is 9.75 Å². The predicted molar refractivity (Wildman–Crippen MR) is 72.3 cm³/mol. The van der Waals surface area contributed by atoms with Crippen molar-refractivity contribution < 1.29 is 0 Å². The molecular weight excluding hydrogens is 292 g/mol. The Morgan fingerprint density at radius 2 is 2.27 bits per heavy atom. The molecule has 1 aromatic carbocycles. The predicted octanol–water partition coefficient (Wildman–Crippen LogP) is 3.28. The molecule has 15 heavy (non-hydrogen) atoms. The first-order valence-corrected chi connectivity index (χ1v) is 6.90. The van der Waals surface area contributed by atoms with Crippen LogP contribution in [-0.4, -0.2) is 4.83 Å². The fourth-order valence-corrected chi connectivity index (χ4v) is 4.04. The van der Waals surface area contributed by atoms with Crippen molar-refractivity contribution in [2.45, 2.75) is 11.2 Å². The number of hydrogen-bond acceptors (Lipinski definition) is 1. The second-order valence-electron chi connectivity index (χ2n) is 3.62. The molecule has 0 saturated carbocycles. The summed E-state index contributed by atoms with van der Waals surface area (Å²) in [5, 5.41) is 3.51. The van der Waals surface area contributed by atoms with Crippen molar-refractivity contribution >= 4 is 61.1 Å². The Morgan fingerprint density at radius 1 is 1.40 bits per heavy atom. The van der Waals surface area contributed by atoms with Gasteiger partial charge in [-0.15, -0.1) is 11.3 Å². The molecule has 1 unspecified atom stereocenters. The quantitative estimate of drug-likeness (QED) is 0.655. The van der Waals surface area contributed by atoms with Crippen LogP contribution in [0, 0.1) is 0 Å². The molecule has 2 aromatic rings. The van der Waals surface area contributed by atoms with Gasteiger partial charge in [0.25, 0.3) is 0 Å². The molecule has 1 aromatic heterocycles. The lowest BCUT2D eigenvalue weighted by Gasteiger charge is -2.02. The van der Waals surface area contributed by atoms with Crippen LogP contribution in [0.3, 0.4) is 0 Å². The van der Waals surface area contributed by atoms with E-state index in [1.165, 1.54) is 19.8 Å². The zero-order chi connectivity index (χ0) is 10.4. The average molecular weight is 300 g/mol. The monoisotopic (exact) mass is 298 g/mol. The third-order valence-corrected chi connectivity index (χ3v) is 4.90. The summed E-state index contributed by atoms with van der Waals surface area (Å²) in [6.45, 7) is 0. The van der Waals surface area contributed by atoms with Gasteiger partial charge in [0.05, 0.1) is 9.72 Å². The lowest BCUT2D eigenvalue weighted by atomic mass is 10.1. The van der Waals surface area contributed by atoms with E-state index in [2.05, 4.69) is 34.1 Å². The van der Waals surface area contributed by atoms with Gasteiger partial charge in [-0.1, -0.05) is 51.8 Å². The summed E-state index contributed by atoms with van der Waals surface area (Å²) in [6, 6.07) is 6.12. The van der Waals surface area contributed by atoms with E-state index < -0.39 is 0 Å². The van der Waals surface area contributed by atoms with Crippen LogP contribution in [0.15, 0.2) is 18.2 Å². The molecule has 1 aliphatic carbocycles. The molecule has 1 atom stereocenters. The van der Waals surface area contributed by atoms with Gasteiger partial charge in [0.15, 0.2) is 0 Å². The number of halogens is 2. The Labute approximate surface area is 105 Å². The summed E-state index contributed by atoms with van der Waals surface area (Å²) in [7, 11) is 0. The van der Waals surface area contributed by atoms with Crippen molar-refractivity contribution in [1.82, 2.24) is 0 Å². The van der Waals surface area contributed by atoms with Crippen LogP contribution in [0.2, 0.25) is 5.02 Å². The standard InChI is InChI=1S/C12H8BrClS/c13-7-4-5-8-9-2-1-3-10(14)12(9)15-11(8)6-7/h1-3,5-7H,4H2. The fraction of sp³-hybridized carbons (Fsp3) is 0.167. The number of benzene rings is 1. The maximum atomic E-state index is 6.18. The topological polar surface area (TPSA) is 0 Å². The molecule has 3 heteroatoms. The van der Waals surface area contributed by atoms with Crippen molar-refractivity contribution in [2.75, 3.05) is 0 Å². The highest BCUT2D eigenvalue weighted by Crippen LogP contribution is 2.24. The Hall–Kier alpha value is -0.310. The molecule has 1 heterocycles. The third-order valence-electron chi connectivity index (χ3n) is 2.61. The van der Waals surface area contributed by atoms with Crippen LogP contribution in [0.25, 0.3) is 22.2 Å². The molecular formula is C12H8BrClS. The van der Waals surface area contributed by atoms with Gasteiger partial charge in [0.2, 0.25) is 0 Å². The van der Waals surface area contributed by atoms with Gasteiger partial charge in [-0.2, -0.15) is 0 Å². The molecule has 0 radical (unpaired) electrons. The molecule has 0 nitrogen and oxygen atoms in total. The number of fused-ring (bicyclic) bond motifs is 3. The van der Waals surface area contributed by atoms with Crippen molar-refractivity contribution in [3.8, 4) is 0 Å². The normalized spacial score (nSPS) is 19.5. The smallest absolute Gasteiger partial charge is 0.0584 e. The van der Waals surface area contributed by atoms with Crippen molar-refractivity contribution in [2.24, 2.45) is 0 Å². The highest BCUT2D eigenvalue weighted by molar-refractivity contribution is 9.09. The van der Waals surface area contributed by atoms with Gasteiger partial charge < -0.3 is 0 Å². The molecule has 0 saturated heterocycles. The van der Waals surface area contributed by atoms with Crippen LogP contribution in [-0.2, 0) is 0 Å². The molecule has 3 rings (SSSR count). The Kier molecular flexibility index (Phi) is 2.38. The highest BCUT2D eigenvalue weighted by atomic mass is 79.9. The zero-order valence-corrected chi connectivity index (χ0v) is 11.0. The molecule has 1 aliphatic rings. The van der Waals surface area contributed by atoms with E-state index >= 15 is 0 Å². The summed E-state index contributed by atoms with van der Waals surface area (Å²) in [5.74, 6) is 0. The second kappa shape index (κ2) is 3.62. The number of rotatable bonds is 0. The molecule has 0 spiro atoms. The summed E-state index contributed by atoms with van der Waals surface area (Å²) < 4.78 is 2.55. The fourth-order valence-electron chi connectivity index (χ4n) is 1.92. The van der Waals surface area contributed by atoms with Crippen LogP contribution in [0.4, 0.5) is 0 Å². The van der Waals surface area contributed by atoms with Gasteiger partial charge in [-0.3, -0.25) is 0 Å². The van der Waals surface area contributed by atoms with E-state index in [9.17, 15) is 0 Å². The lowest BCUT2D eigenvalue weighted by Crippen LogP contribution is -2.24. The van der Waals surface area contributed by atoms with Crippen LogP contribution in [0.1, 0.15) is 6.42 Å². The summed E-state index contributed by atoms with van der Waals surface area (Å²) in [4.78, 5) is 0.469. The minimum atomic E-state index is 0.469. The largest absolute Gasteiger partial charge is 0.134 e. The molecule has 0 N–H and O–H groups in total. The average Bonchev–Trinajstić information content (AvgIpc) is 2.57. The van der Waals surface area contributed by atoms with E-state index in [0.29, 0.717) is 4.83 Å². The van der Waals surface area contributed by atoms with Crippen molar-refractivity contribution in [1.29, 1.82) is 0 Å². The Morgan fingerprint density at radius 3 is 3.13 bits per heavy atom. The summed E-state index contributed by atoms with van der Waals surface area (Å²) in [5.41, 5.74) is 0. The number of alkyl halides is 1. The zero-order valence-electron chi connectivity index (χ0n) is 7.84. The van der Waals surface area contributed by atoms with Crippen LogP contribution in [0.5, 0.6) is 0 Å². The minimum Gasteiger partial charge on any atom is -0.134 e. The van der Waals surface area contributed by atoms with E-state index in [0.717, 1.165) is 11.4 Å². The molecule has 0 aliphatic heterocycles. The van der Waals surface area contributed by atoms with E-state index in [1.54, 1.807) is 11.3 Å². The first kappa shape index (κ1) is 9.88.